The van der Waals surface area contributed by atoms with Crippen molar-refractivity contribution in [1.82, 2.24) is 4.72 Å². The van der Waals surface area contributed by atoms with Crippen LogP contribution in [0.2, 0.25) is 0 Å². The highest BCUT2D eigenvalue weighted by atomic mass is 32.2. The third kappa shape index (κ3) is 4.20. The molecule has 2 aromatic rings. The van der Waals surface area contributed by atoms with Gasteiger partial charge in [0.25, 0.3) is 5.69 Å². The summed E-state index contributed by atoms with van der Waals surface area (Å²) in [6.45, 7) is 0. The van der Waals surface area contributed by atoms with Crippen molar-refractivity contribution >= 4 is 21.7 Å². The zero-order valence-electron chi connectivity index (χ0n) is 12.9. The lowest BCUT2D eigenvalue weighted by Crippen LogP contribution is -2.25. The largest absolute Gasteiger partial charge is 0.423 e. The molecular weight excluding hydrogens is 348 g/mol. The van der Waals surface area contributed by atoms with Crippen LogP contribution in [-0.4, -0.2) is 25.4 Å². The fraction of sp³-hybridized carbons (Fsp3) is 0.188. The Hall–Kier alpha value is -2.78. The van der Waals surface area contributed by atoms with Crippen LogP contribution in [-0.2, 0) is 10.0 Å². The number of hydrogen-bond acceptors (Lipinski definition) is 6. The second kappa shape index (κ2) is 6.61. The van der Waals surface area contributed by atoms with Crippen LogP contribution in [0.15, 0.2) is 53.4 Å². The van der Waals surface area contributed by atoms with Crippen molar-refractivity contribution in [2.75, 3.05) is 0 Å². The molecule has 1 fully saturated rings. The van der Waals surface area contributed by atoms with Crippen molar-refractivity contribution < 1.29 is 22.9 Å². The van der Waals surface area contributed by atoms with Gasteiger partial charge < -0.3 is 4.74 Å². The highest BCUT2D eigenvalue weighted by molar-refractivity contribution is 7.89. The number of hydrogen-bond donors (Lipinski definition) is 1. The minimum atomic E-state index is -3.59. The third-order valence-corrected chi connectivity index (χ3v) is 5.07. The smallest absolute Gasteiger partial charge is 0.343 e. The fourth-order valence-corrected chi connectivity index (χ4v) is 3.39. The maximum absolute atomic E-state index is 12.1. The van der Waals surface area contributed by atoms with Gasteiger partial charge in [0.15, 0.2) is 0 Å². The number of carbonyl (C=O) groups excluding carboxylic acids is 1. The Morgan fingerprint density at radius 3 is 2.44 bits per heavy atom. The second-order valence-corrected chi connectivity index (χ2v) is 7.28. The molecule has 0 bridgehead atoms. The molecule has 9 heteroatoms. The summed E-state index contributed by atoms with van der Waals surface area (Å²) in [5, 5.41) is 10.7. The van der Waals surface area contributed by atoms with E-state index in [-0.39, 0.29) is 27.9 Å². The molecule has 1 saturated carbocycles. The van der Waals surface area contributed by atoms with E-state index in [2.05, 4.69) is 4.72 Å². The van der Waals surface area contributed by atoms with Crippen molar-refractivity contribution in [3.8, 4) is 5.75 Å². The summed E-state index contributed by atoms with van der Waals surface area (Å²) >= 11 is 0. The van der Waals surface area contributed by atoms with E-state index in [1.807, 2.05) is 0 Å². The van der Waals surface area contributed by atoms with Crippen molar-refractivity contribution in [3.05, 3.63) is 64.2 Å². The van der Waals surface area contributed by atoms with Crippen LogP contribution in [0.25, 0.3) is 0 Å². The molecule has 0 heterocycles. The van der Waals surface area contributed by atoms with Crippen LogP contribution in [0, 0.1) is 10.1 Å². The second-order valence-electron chi connectivity index (χ2n) is 5.56. The van der Waals surface area contributed by atoms with Crippen LogP contribution < -0.4 is 9.46 Å². The summed E-state index contributed by atoms with van der Waals surface area (Å²) in [7, 11) is -3.59. The topological polar surface area (TPSA) is 116 Å². The summed E-state index contributed by atoms with van der Waals surface area (Å²) in [6, 6.07) is 10.5. The van der Waals surface area contributed by atoms with Gasteiger partial charge in [-0.3, -0.25) is 10.1 Å². The quantitative estimate of drug-likeness (QED) is 0.365. The number of nitrogens with zero attached hydrogens (tertiary/aromatic N) is 1. The number of non-ortho nitro benzene ring substituents is 1. The van der Waals surface area contributed by atoms with Gasteiger partial charge in [-0.05, 0) is 43.2 Å². The van der Waals surface area contributed by atoms with Crippen molar-refractivity contribution in [1.29, 1.82) is 0 Å². The monoisotopic (exact) mass is 362 g/mol. The fourth-order valence-electron chi connectivity index (χ4n) is 2.09. The van der Waals surface area contributed by atoms with Crippen molar-refractivity contribution in [2.24, 2.45) is 0 Å². The third-order valence-electron chi connectivity index (χ3n) is 3.54. The minimum Gasteiger partial charge on any atom is -0.423 e. The van der Waals surface area contributed by atoms with E-state index in [9.17, 15) is 23.3 Å². The summed E-state index contributed by atoms with van der Waals surface area (Å²) in [4.78, 5) is 22.3. The van der Waals surface area contributed by atoms with Crippen molar-refractivity contribution in [3.63, 3.8) is 0 Å². The lowest BCUT2D eigenvalue weighted by Gasteiger charge is -2.07. The van der Waals surface area contributed by atoms with Gasteiger partial charge in [-0.1, -0.05) is 6.07 Å². The molecule has 2 aromatic carbocycles. The molecule has 0 radical (unpaired) electrons. The molecular formula is C16H14N2O6S. The number of nitro benzene ring substituents is 1. The van der Waals surface area contributed by atoms with Crippen molar-refractivity contribution in [2.45, 2.75) is 23.8 Å². The predicted molar refractivity (Wildman–Crippen MR) is 87.8 cm³/mol. The molecule has 0 saturated heterocycles. The number of carbonyl (C=O) groups is 1. The Morgan fingerprint density at radius 1 is 1.16 bits per heavy atom. The molecule has 0 amide bonds. The Morgan fingerprint density at radius 2 is 1.84 bits per heavy atom. The molecule has 0 spiro atoms. The van der Waals surface area contributed by atoms with E-state index >= 15 is 0 Å². The van der Waals surface area contributed by atoms with Gasteiger partial charge in [0.1, 0.15) is 5.75 Å². The van der Waals surface area contributed by atoms with Gasteiger partial charge >= 0.3 is 5.97 Å². The lowest BCUT2D eigenvalue weighted by molar-refractivity contribution is -0.384. The standard InChI is InChI=1S/C16H14N2O6S/c19-16(24-14-3-1-2-13(10-14)18(20)21)11-4-8-15(9-5-11)25(22,23)17-12-6-7-12/h1-5,8-10,12,17H,6-7H2. The number of benzene rings is 2. The van der Waals surface area contributed by atoms with Crippen LogP contribution >= 0.6 is 0 Å². The van der Waals surface area contributed by atoms with Gasteiger partial charge in [-0.15, -0.1) is 0 Å². The molecule has 0 aromatic heterocycles. The van der Waals surface area contributed by atoms with E-state index < -0.39 is 20.9 Å². The zero-order chi connectivity index (χ0) is 18.0. The van der Waals surface area contributed by atoms with Crippen LogP contribution in [0.3, 0.4) is 0 Å². The molecule has 0 unspecified atom stereocenters. The Kier molecular flexibility index (Phi) is 4.51. The Labute approximate surface area is 143 Å². The molecule has 25 heavy (non-hydrogen) atoms. The van der Waals surface area contributed by atoms with Crippen LogP contribution in [0.1, 0.15) is 23.2 Å². The first-order valence-corrected chi connectivity index (χ1v) is 8.92. The predicted octanol–water partition coefficient (Wildman–Crippen LogP) is 2.25. The minimum absolute atomic E-state index is 0.0106. The van der Waals surface area contributed by atoms with Crippen LogP contribution in [0.4, 0.5) is 5.69 Å². The molecule has 1 aliphatic carbocycles. The molecule has 0 aliphatic heterocycles. The summed E-state index contributed by atoms with van der Waals surface area (Å²) in [6.07, 6.45) is 1.65. The summed E-state index contributed by atoms with van der Waals surface area (Å²) in [5.41, 5.74) is -0.0604. The lowest BCUT2D eigenvalue weighted by atomic mass is 10.2. The number of rotatable bonds is 6. The van der Waals surface area contributed by atoms with E-state index in [0.717, 1.165) is 18.9 Å². The first-order chi connectivity index (χ1) is 11.8. The molecule has 3 rings (SSSR count). The Bertz CT molecular complexity index is 920. The number of esters is 1. The molecule has 8 nitrogen and oxygen atoms in total. The number of sulfonamides is 1. The molecule has 1 N–H and O–H groups in total. The highest BCUT2D eigenvalue weighted by Crippen LogP contribution is 2.23. The molecule has 1 aliphatic rings. The first-order valence-electron chi connectivity index (χ1n) is 7.44. The van der Waals surface area contributed by atoms with E-state index in [4.69, 9.17) is 4.74 Å². The average molecular weight is 362 g/mol. The number of nitrogens with one attached hydrogen (secondary N) is 1. The first kappa shape index (κ1) is 17.1. The van der Waals surface area contributed by atoms with E-state index in [1.54, 1.807) is 0 Å². The van der Waals surface area contributed by atoms with Crippen LogP contribution in [0.5, 0.6) is 5.75 Å². The van der Waals surface area contributed by atoms with Gasteiger partial charge in [0.05, 0.1) is 21.4 Å². The summed E-state index contributed by atoms with van der Waals surface area (Å²) in [5.74, 6) is -0.703. The molecule has 0 atom stereocenters. The number of ether oxygens (including phenoxy) is 1. The maximum atomic E-state index is 12.1. The maximum Gasteiger partial charge on any atom is 0.343 e. The van der Waals surface area contributed by atoms with E-state index in [0.29, 0.717) is 0 Å². The average Bonchev–Trinajstić information content (AvgIpc) is 3.38. The highest BCUT2D eigenvalue weighted by Gasteiger charge is 2.28. The van der Waals surface area contributed by atoms with Gasteiger partial charge in [-0.2, -0.15) is 0 Å². The number of nitro groups is 1. The zero-order valence-corrected chi connectivity index (χ0v) is 13.7. The molecule has 130 valence electrons. The van der Waals surface area contributed by atoms with E-state index in [1.165, 1.54) is 42.5 Å². The normalized spacial score (nSPS) is 14.1. The van der Waals surface area contributed by atoms with Gasteiger partial charge in [0, 0.05) is 12.1 Å². The van der Waals surface area contributed by atoms with Gasteiger partial charge in [0.2, 0.25) is 10.0 Å². The van der Waals surface area contributed by atoms with Gasteiger partial charge in [-0.25, -0.2) is 17.9 Å². The summed E-state index contributed by atoms with van der Waals surface area (Å²) < 4.78 is 31.8. The SMILES string of the molecule is O=C(Oc1cccc([N+](=O)[O-])c1)c1ccc(S(=O)(=O)NC2CC2)cc1. The Balaban J connectivity index is 1.72.